The van der Waals surface area contributed by atoms with Crippen LogP contribution in [0.3, 0.4) is 0 Å². The summed E-state index contributed by atoms with van der Waals surface area (Å²) in [6.45, 7) is 0.651. The van der Waals surface area contributed by atoms with Gasteiger partial charge in [0.2, 0.25) is 0 Å². The molecule has 6 nitrogen and oxygen atoms in total. The quantitative estimate of drug-likeness (QED) is 0.578. The van der Waals surface area contributed by atoms with Gasteiger partial charge in [0.15, 0.2) is 5.96 Å². The zero-order chi connectivity index (χ0) is 12.1. The molecule has 1 aliphatic carbocycles. The molecule has 1 saturated carbocycles. The first-order chi connectivity index (χ1) is 8.25. The van der Waals surface area contributed by atoms with Gasteiger partial charge in [0.05, 0.1) is 0 Å². The van der Waals surface area contributed by atoms with E-state index < -0.39 is 0 Å². The summed E-state index contributed by atoms with van der Waals surface area (Å²) in [4.78, 5) is 4.31. The molecule has 0 amide bonds. The Morgan fingerprint density at radius 2 is 2.35 bits per heavy atom. The molecule has 0 spiro atoms. The van der Waals surface area contributed by atoms with Crippen molar-refractivity contribution in [3.8, 4) is 0 Å². The molecule has 1 aliphatic rings. The van der Waals surface area contributed by atoms with Crippen LogP contribution in [0.25, 0.3) is 0 Å². The van der Waals surface area contributed by atoms with Gasteiger partial charge in [-0.25, -0.2) is 0 Å². The van der Waals surface area contributed by atoms with Crippen LogP contribution in [0.1, 0.15) is 31.5 Å². The molecule has 0 atom stereocenters. The van der Waals surface area contributed by atoms with Crippen molar-refractivity contribution in [2.75, 3.05) is 6.54 Å². The summed E-state index contributed by atoms with van der Waals surface area (Å²) in [5, 5.41) is 11.1. The number of hydrogen-bond donors (Lipinski definition) is 2. The summed E-state index contributed by atoms with van der Waals surface area (Å²) >= 11 is 0. The molecule has 0 unspecified atom stereocenters. The topological polar surface area (TPSA) is 81.1 Å². The van der Waals surface area contributed by atoms with Gasteiger partial charge in [-0.1, -0.05) is 12.8 Å². The van der Waals surface area contributed by atoms with Crippen molar-refractivity contribution < 1.29 is 0 Å². The minimum atomic E-state index is 0.522. The van der Waals surface area contributed by atoms with Gasteiger partial charge in [0.1, 0.15) is 12.2 Å². The first-order valence-corrected chi connectivity index (χ1v) is 6.15. The van der Waals surface area contributed by atoms with Crippen LogP contribution in [0.5, 0.6) is 0 Å². The third-order valence-electron chi connectivity index (χ3n) is 3.13. The molecule has 0 aliphatic heterocycles. The lowest BCUT2D eigenvalue weighted by Crippen LogP contribution is -2.38. The van der Waals surface area contributed by atoms with Crippen molar-refractivity contribution in [3.63, 3.8) is 0 Å². The third kappa shape index (κ3) is 3.44. The van der Waals surface area contributed by atoms with Crippen LogP contribution in [-0.4, -0.2) is 33.3 Å². The summed E-state index contributed by atoms with van der Waals surface area (Å²) in [7, 11) is 1.93. The van der Waals surface area contributed by atoms with Gasteiger partial charge < -0.3 is 15.6 Å². The predicted molar refractivity (Wildman–Crippen MR) is 66.6 cm³/mol. The fourth-order valence-corrected chi connectivity index (χ4v) is 2.13. The highest BCUT2D eigenvalue weighted by Crippen LogP contribution is 2.17. The lowest BCUT2D eigenvalue weighted by atomic mass is 10.2. The lowest BCUT2D eigenvalue weighted by molar-refractivity contribution is 0.624. The van der Waals surface area contributed by atoms with E-state index in [0.29, 0.717) is 18.5 Å². The number of aryl methyl sites for hydroxylation is 1. The van der Waals surface area contributed by atoms with Crippen molar-refractivity contribution in [1.29, 1.82) is 0 Å². The van der Waals surface area contributed by atoms with Gasteiger partial charge in [-0.2, -0.15) is 0 Å². The highest BCUT2D eigenvalue weighted by atomic mass is 15.2. The second-order valence-electron chi connectivity index (χ2n) is 4.50. The number of rotatable bonds is 4. The van der Waals surface area contributed by atoms with Crippen LogP contribution in [-0.2, 0) is 13.5 Å². The molecule has 0 bridgehead atoms. The molecule has 17 heavy (non-hydrogen) atoms. The molecule has 6 heteroatoms. The Kier molecular flexibility index (Phi) is 3.95. The number of aromatic nitrogens is 3. The van der Waals surface area contributed by atoms with Crippen LogP contribution in [0.2, 0.25) is 0 Å². The van der Waals surface area contributed by atoms with Gasteiger partial charge >= 0.3 is 0 Å². The van der Waals surface area contributed by atoms with Crippen LogP contribution in [0.15, 0.2) is 11.3 Å². The Bertz CT molecular complexity index is 377. The van der Waals surface area contributed by atoms with Crippen molar-refractivity contribution in [2.45, 2.75) is 38.1 Å². The van der Waals surface area contributed by atoms with E-state index in [-0.39, 0.29) is 0 Å². The average molecular weight is 236 g/mol. The Hall–Kier alpha value is -1.59. The molecule has 94 valence electrons. The number of aliphatic imine (C=N–C) groups is 1. The summed E-state index contributed by atoms with van der Waals surface area (Å²) < 4.78 is 1.90. The van der Waals surface area contributed by atoms with Crippen molar-refractivity contribution in [1.82, 2.24) is 20.1 Å². The van der Waals surface area contributed by atoms with Gasteiger partial charge in [0, 0.05) is 26.1 Å². The average Bonchev–Trinajstić information content (AvgIpc) is 2.91. The molecule has 0 saturated heterocycles. The summed E-state index contributed by atoms with van der Waals surface area (Å²) in [6, 6.07) is 0.522. The Balaban J connectivity index is 1.74. The lowest BCUT2D eigenvalue weighted by Gasteiger charge is -2.11. The van der Waals surface area contributed by atoms with E-state index in [9.17, 15) is 0 Å². The van der Waals surface area contributed by atoms with Crippen LogP contribution < -0.4 is 11.1 Å². The van der Waals surface area contributed by atoms with E-state index in [4.69, 9.17) is 5.73 Å². The number of nitrogens with zero attached hydrogens (tertiary/aromatic N) is 4. The first-order valence-electron chi connectivity index (χ1n) is 6.15. The first kappa shape index (κ1) is 11.9. The summed E-state index contributed by atoms with van der Waals surface area (Å²) in [6.07, 6.45) is 7.47. The minimum Gasteiger partial charge on any atom is -0.370 e. The zero-order valence-corrected chi connectivity index (χ0v) is 10.3. The van der Waals surface area contributed by atoms with Crippen molar-refractivity contribution in [3.05, 3.63) is 12.2 Å². The smallest absolute Gasteiger partial charge is 0.188 e. The third-order valence-corrected chi connectivity index (χ3v) is 3.13. The largest absolute Gasteiger partial charge is 0.370 e. The molecule has 2 rings (SSSR count). The zero-order valence-electron chi connectivity index (χ0n) is 10.3. The normalized spacial score (nSPS) is 17.6. The fourth-order valence-electron chi connectivity index (χ4n) is 2.13. The number of nitrogens with two attached hydrogens (primary N) is 1. The molecular weight excluding hydrogens is 216 g/mol. The van der Waals surface area contributed by atoms with E-state index in [1.165, 1.54) is 25.7 Å². The van der Waals surface area contributed by atoms with E-state index in [0.717, 1.165) is 12.2 Å². The molecular formula is C11H20N6. The van der Waals surface area contributed by atoms with Crippen LogP contribution >= 0.6 is 0 Å². The van der Waals surface area contributed by atoms with E-state index in [1.54, 1.807) is 6.33 Å². The molecule has 1 aromatic rings. The monoisotopic (exact) mass is 236 g/mol. The maximum Gasteiger partial charge on any atom is 0.188 e. The number of nitrogens with one attached hydrogen (secondary N) is 1. The highest BCUT2D eigenvalue weighted by Gasteiger charge is 2.14. The molecule has 1 heterocycles. The van der Waals surface area contributed by atoms with Gasteiger partial charge in [-0.3, -0.25) is 4.99 Å². The second kappa shape index (κ2) is 5.65. The Labute approximate surface area is 101 Å². The van der Waals surface area contributed by atoms with Gasteiger partial charge in [-0.15, -0.1) is 10.2 Å². The van der Waals surface area contributed by atoms with Crippen molar-refractivity contribution in [2.24, 2.45) is 17.8 Å². The van der Waals surface area contributed by atoms with Crippen molar-refractivity contribution >= 4 is 5.96 Å². The van der Waals surface area contributed by atoms with Gasteiger partial charge in [0.25, 0.3) is 0 Å². The summed E-state index contributed by atoms with van der Waals surface area (Å²) in [5.74, 6) is 1.49. The fraction of sp³-hybridized carbons (Fsp3) is 0.727. The molecule has 1 aromatic heterocycles. The number of guanidine groups is 1. The standard InChI is InChI=1S/C11H20N6/c1-17-8-14-16-10(17)6-7-13-11(12)15-9-4-2-3-5-9/h8-9H,2-7H2,1H3,(H3,12,13,15). The molecule has 0 radical (unpaired) electrons. The van der Waals surface area contributed by atoms with Gasteiger partial charge in [-0.05, 0) is 12.8 Å². The second-order valence-corrected chi connectivity index (χ2v) is 4.50. The van der Waals surface area contributed by atoms with E-state index >= 15 is 0 Å². The maximum absolute atomic E-state index is 5.83. The van der Waals surface area contributed by atoms with E-state index in [1.807, 2.05) is 11.6 Å². The number of hydrogen-bond acceptors (Lipinski definition) is 3. The predicted octanol–water partition coefficient (Wildman–Crippen LogP) is 0.205. The Morgan fingerprint density at radius 1 is 1.59 bits per heavy atom. The molecule has 3 N–H and O–H groups in total. The van der Waals surface area contributed by atoms with Crippen LogP contribution in [0.4, 0.5) is 0 Å². The molecule has 0 aromatic carbocycles. The van der Waals surface area contributed by atoms with Crippen LogP contribution in [0, 0.1) is 0 Å². The highest BCUT2D eigenvalue weighted by molar-refractivity contribution is 5.78. The Morgan fingerprint density at radius 3 is 3.00 bits per heavy atom. The maximum atomic E-state index is 5.83. The molecule has 1 fully saturated rings. The summed E-state index contributed by atoms with van der Waals surface area (Å²) in [5.41, 5.74) is 5.83. The minimum absolute atomic E-state index is 0.522. The SMILES string of the molecule is Cn1cnnc1CCN=C(N)NC1CCCC1. The van der Waals surface area contributed by atoms with E-state index in [2.05, 4.69) is 20.5 Å².